The van der Waals surface area contributed by atoms with Crippen LogP contribution >= 0.6 is 11.3 Å². The van der Waals surface area contributed by atoms with E-state index in [0.717, 1.165) is 34.9 Å². The molecule has 0 saturated carbocycles. The first-order valence-electron chi connectivity index (χ1n) is 12.3. The fourth-order valence-electron chi connectivity index (χ4n) is 6.12. The molecule has 1 amide bonds. The van der Waals surface area contributed by atoms with E-state index >= 15 is 0 Å². The standard InChI is InChI=1S/C27H25FN6OS/c1-16-25-21(7-10-36-25)31-27(30-16)34-13-17-11-33(12-18(17)14-34)26(35)23-19(24-20(28)5-4-8-29-24)15-32-9-3-2-6-22(23)32/h2-10,15,17-18,22-23H,11-14H2,1H3/t17-,18+,22?,23?. The van der Waals surface area contributed by atoms with E-state index in [4.69, 9.17) is 9.97 Å². The fraction of sp³-hybridized carbons (Fsp3) is 0.333. The SMILES string of the molecule is Cc1nc(N2C[C@H]3CN(C(=O)C4C(c5ncccc5F)=CN5C=CC=CC45)C[C@H]3C2)nc2ccsc12. The summed E-state index contributed by atoms with van der Waals surface area (Å²) in [5, 5.41) is 2.05. The van der Waals surface area contributed by atoms with Gasteiger partial charge in [-0.25, -0.2) is 14.4 Å². The molecular weight excluding hydrogens is 475 g/mol. The summed E-state index contributed by atoms with van der Waals surface area (Å²) in [4.78, 5) is 34.1. The van der Waals surface area contributed by atoms with Crippen molar-refractivity contribution >= 4 is 39.0 Å². The van der Waals surface area contributed by atoms with Crippen LogP contribution in [0.15, 0.2) is 60.4 Å². The lowest BCUT2D eigenvalue weighted by atomic mass is 9.90. The highest BCUT2D eigenvalue weighted by Gasteiger charge is 2.48. The van der Waals surface area contributed by atoms with E-state index in [1.165, 1.54) is 6.07 Å². The molecule has 2 unspecified atom stereocenters. The van der Waals surface area contributed by atoms with Crippen molar-refractivity contribution in [1.29, 1.82) is 0 Å². The number of amides is 1. The lowest BCUT2D eigenvalue weighted by Gasteiger charge is -2.30. The number of hydrogen-bond acceptors (Lipinski definition) is 7. The highest BCUT2D eigenvalue weighted by atomic mass is 32.1. The highest BCUT2D eigenvalue weighted by molar-refractivity contribution is 7.17. The number of hydrogen-bond donors (Lipinski definition) is 0. The molecule has 0 bridgehead atoms. The van der Waals surface area contributed by atoms with Gasteiger partial charge in [-0.05, 0) is 36.6 Å². The third kappa shape index (κ3) is 3.37. The van der Waals surface area contributed by atoms with E-state index in [9.17, 15) is 9.18 Å². The maximum atomic E-state index is 14.7. The zero-order valence-corrected chi connectivity index (χ0v) is 20.6. The number of thiophene rings is 1. The van der Waals surface area contributed by atoms with Gasteiger partial charge < -0.3 is 14.7 Å². The van der Waals surface area contributed by atoms with Gasteiger partial charge in [0, 0.05) is 62.2 Å². The van der Waals surface area contributed by atoms with E-state index in [-0.39, 0.29) is 17.6 Å². The van der Waals surface area contributed by atoms with Crippen LogP contribution in [0.5, 0.6) is 0 Å². The number of rotatable bonds is 3. The van der Waals surface area contributed by atoms with Crippen molar-refractivity contribution in [2.75, 3.05) is 31.1 Å². The molecule has 0 aliphatic carbocycles. The maximum absolute atomic E-state index is 14.7. The Labute approximate surface area is 212 Å². The number of allylic oxidation sites excluding steroid dienone is 2. The molecule has 4 aliphatic heterocycles. The molecule has 0 spiro atoms. The predicted molar refractivity (Wildman–Crippen MR) is 137 cm³/mol. The van der Waals surface area contributed by atoms with Gasteiger partial charge in [0.15, 0.2) is 0 Å². The van der Waals surface area contributed by atoms with E-state index in [2.05, 4.69) is 15.3 Å². The molecule has 2 fully saturated rings. The molecule has 3 aromatic heterocycles. The molecule has 2 saturated heterocycles. The van der Waals surface area contributed by atoms with Crippen LogP contribution in [0.3, 0.4) is 0 Å². The van der Waals surface area contributed by atoms with Crippen LogP contribution in [-0.2, 0) is 4.79 Å². The van der Waals surface area contributed by atoms with Crippen LogP contribution in [-0.4, -0.2) is 62.9 Å². The molecule has 4 atom stereocenters. The largest absolute Gasteiger partial charge is 0.346 e. The smallest absolute Gasteiger partial charge is 0.232 e. The van der Waals surface area contributed by atoms with Gasteiger partial charge in [0.25, 0.3) is 0 Å². The molecule has 0 aromatic carbocycles. The van der Waals surface area contributed by atoms with Crippen molar-refractivity contribution in [3.8, 4) is 0 Å². The number of fused-ring (bicyclic) bond motifs is 3. The van der Waals surface area contributed by atoms with Gasteiger partial charge in [-0.3, -0.25) is 9.78 Å². The van der Waals surface area contributed by atoms with Gasteiger partial charge in [0.2, 0.25) is 11.9 Å². The maximum Gasteiger partial charge on any atom is 0.232 e. The number of nitrogens with zero attached hydrogens (tertiary/aromatic N) is 6. The Morgan fingerprint density at radius 1 is 1.11 bits per heavy atom. The molecule has 182 valence electrons. The first-order valence-corrected chi connectivity index (χ1v) is 13.2. The zero-order valence-electron chi connectivity index (χ0n) is 19.8. The molecule has 36 heavy (non-hydrogen) atoms. The molecule has 7 nitrogen and oxygen atoms in total. The Kier molecular flexibility index (Phi) is 4.95. The van der Waals surface area contributed by atoms with Gasteiger partial charge >= 0.3 is 0 Å². The normalized spacial score (nSPS) is 26.6. The third-order valence-corrected chi connectivity index (χ3v) is 8.84. The van der Waals surface area contributed by atoms with Crippen LogP contribution in [0.25, 0.3) is 15.8 Å². The molecule has 0 N–H and O–H groups in total. The molecule has 7 heterocycles. The minimum atomic E-state index is -0.488. The third-order valence-electron chi connectivity index (χ3n) is 7.83. The zero-order chi connectivity index (χ0) is 24.4. The average Bonchev–Trinajstić information content (AvgIpc) is 3.65. The van der Waals surface area contributed by atoms with Crippen molar-refractivity contribution < 1.29 is 9.18 Å². The number of pyridine rings is 1. The van der Waals surface area contributed by atoms with Crippen molar-refractivity contribution in [2.45, 2.75) is 13.0 Å². The van der Waals surface area contributed by atoms with E-state index in [1.807, 2.05) is 53.4 Å². The monoisotopic (exact) mass is 500 g/mol. The Hall–Kier alpha value is -3.59. The number of carbonyl (C=O) groups excluding carboxylic acids is 1. The summed E-state index contributed by atoms with van der Waals surface area (Å²) < 4.78 is 15.9. The number of aromatic nitrogens is 3. The molecule has 9 heteroatoms. The van der Waals surface area contributed by atoms with Gasteiger partial charge in [0.05, 0.1) is 27.9 Å². The molecule has 4 aliphatic rings. The number of halogens is 1. The van der Waals surface area contributed by atoms with Crippen LogP contribution in [0.2, 0.25) is 0 Å². The van der Waals surface area contributed by atoms with Gasteiger partial charge in [-0.1, -0.05) is 12.2 Å². The topological polar surface area (TPSA) is 65.5 Å². The van der Waals surface area contributed by atoms with Crippen molar-refractivity contribution in [2.24, 2.45) is 17.8 Å². The summed E-state index contributed by atoms with van der Waals surface area (Å²) in [6.07, 6.45) is 11.3. The van der Waals surface area contributed by atoms with E-state index < -0.39 is 11.7 Å². The summed E-state index contributed by atoms with van der Waals surface area (Å²) in [7, 11) is 0. The second kappa shape index (κ2) is 8.23. The number of likely N-dealkylation sites (tertiary alicyclic amines) is 1. The molecular formula is C27H25FN6OS. The Morgan fingerprint density at radius 3 is 2.75 bits per heavy atom. The summed E-state index contributed by atoms with van der Waals surface area (Å²) in [5.41, 5.74) is 2.91. The van der Waals surface area contributed by atoms with Crippen molar-refractivity contribution in [1.82, 2.24) is 24.8 Å². The molecule has 7 rings (SSSR count). The molecule has 3 aromatic rings. The Balaban J connectivity index is 1.11. The van der Waals surface area contributed by atoms with Gasteiger partial charge in [0.1, 0.15) is 11.5 Å². The Morgan fingerprint density at radius 2 is 1.94 bits per heavy atom. The van der Waals surface area contributed by atoms with E-state index in [0.29, 0.717) is 30.5 Å². The van der Waals surface area contributed by atoms with Crippen LogP contribution in [0.4, 0.5) is 10.3 Å². The van der Waals surface area contributed by atoms with Gasteiger partial charge in [-0.2, -0.15) is 0 Å². The number of aryl methyl sites for hydroxylation is 1. The van der Waals surface area contributed by atoms with E-state index in [1.54, 1.807) is 23.6 Å². The average molecular weight is 501 g/mol. The summed E-state index contributed by atoms with van der Waals surface area (Å²) >= 11 is 1.67. The Bertz CT molecular complexity index is 1450. The molecule has 0 radical (unpaired) electrons. The fourth-order valence-corrected chi connectivity index (χ4v) is 6.90. The minimum Gasteiger partial charge on any atom is -0.346 e. The second-order valence-electron chi connectivity index (χ2n) is 9.97. The number of anilines is 1. The quantitative estimate of drug-likeness (QED) is 0.544. The lowest BCUT2D eigenvalue weighted by molar-refractivity contribution is -0.133. The first-order chi connectivity index (χ1) is 17.6. The van der Waals surface area contributed by atoms with Crippen LogP contribution < -0.4 is 4.90 Å². The number of carbonyl (C=O) groups is 1. The first kappa shape index (κ1) is 21.7. The lowest BCUT2D eigenvalue weighted by Crippen LogP contribution is -2.42. The van der Waals surface area contributed by atoms with Crippen molar-refractivity contribution in [3.63, 3.8) is 0 Å². The highest BCUT2D eigenvalue weighted by Crippen LogP contribution is 2.41. The predicted octanol–water partition coefficient (Wildman–Crippen LogP) is 3.85. The second-order valence-corrected chi connectivity index (χ2v) is 10.9. The van der Waals surface area contributed by atoms with Crippen LogP contribution in [0, 0.1) is 30.5 Å². The summed E-state index contributed by atoms with van der Waals surface area (Å²) in [5.74, 6) is 0.681. The van der Waals surface area contributed by atoms with Crippen LogP contribution in [0.1, 0.15) is 11.4 Å². The summed E-state index contributed by atoms with van der Waals surface area (Å²) in [6.45, 7) is 5.10. The van der Waals surface area contributed by atoms with Gasteiger partial charge in [-0.15, -0.1) is 11.3 Å². The summed E-state index contributed by atoms with van der Waals surface area (Å²) in [6, 6.07) is 4.86. The minimum absolute atomic E-state index is 0.0477. The van der Waals surface area contributed by atoms with Crippen molar-refractivity contribution in [3.05, 3.63) is 77.6 Å².